The number of aromatic nitrogens is 2. The minimum absolute atomic E-state index is 0.279. The summed E-state index contributed by atoms with van der Waals surface area (Å²) >= 11 is 1.82. The van der Waals surface area contributed by atoms with Crippen LogP contribution in [0.3, 0.4) is 0 Å². The van der Waals surface area contributed by atoms with Gasteiger partial charge >= 0.3 is 0 Å². The van der Waals surface area contributed by atoms with E-state index in [4.69, 9.17) is 10.8 Å². The Morgan fingerprint density at radius 3 is 3.00 bits per heavy atom. The van der Waals surface area contributed by atoms with E-state index in [9.17, 15) is 0 Å². The van der Waals surface area contributed by atoms with Gasteiger partial charge in [0.25, 0.3) is 0 Å². The number of anilines is 1. The molecule has 0 radical (unpaired) electrons. The van der Waals surface area contributed by atoms with Crippen molar-refractivity contribution in [1.82, 2.24) is 9.78 Å². The Balaban J connectivity index is 2.06. The Labute approximate surface area is 82.1 Å². The number of thioether (sulfide) groups is 1. The van der Waals surface area contributed by atoms with E-state index in [2.05, 4.69) is 5.10 Å². The number of nitrogen functional groups attached to an aromatic ring is 1. The number of hydrogen-bond donors (Lipinski definition) is 2. The third-order valence-electron chi connectivity index (χ3n) is 1.57. The maximum absolute atomic E-state index is 8.54. The molecule has 0 atom stereocenters. The first kappa shape index (κ1) is 10.4. The number of rotatable bonds is 6. The molecular formula is C8H15N3OS. The van der Waals surface area contributed by atoms with Crippen LogP contribution in [0.25, 0.3) is 0 Å². The number of hydrogen-bond acceptors (Lipinski definition) is 4. The standard InChI is InChI=1S/C8H15N3OS/c9-8-2-3-11(10-8)4-7-13-6-1-5-12/h2-3,12H,1,4-7H2,(H2,9,10). The lowest BCUT2D eigenvalue weighted by Crippen LogP contribution is -2.02. The predicted octanol–water partition coefficient (Wildman–Crippen LogP) is 0.581. The molecule has 5 heteroatoms. The van der Waals surface area contributed by atoms with Gasteiger partial charge in [0.15, 0.2) is 0 Å². The lowest BCUT2D eigenvalue weighted by molar-refractivity contribution is 0.296. The topological polar surface area (TPSA) is 64.1 Å². The average molecular weight is 201 g/mol. The van der Waals surface area contributed by atoms with Gasteiger partial charge in [-0.1, -0.05) is 0 Å². The molecule has 0 amide bonds. The van der Waals surface area contributed by atoms with Crippen LogP contribution in [0.4, 0.5) is 5.82 Å². The number of nitrogens with two attached hydrogens (primary N) is 1. The minimum Gasteiger partial charge on any atom is -0.396 e. The van der Waals surface area contributed by atoms with Crippen LogP contribution in [0.15, 0.2) is 12.3 Å². The van der Waals surface area contributed by atoms with Gasteiger partial charge in [0, 0.05) is 18.6 Å². The number of aryl methyl sites for hydroxylation is 1. The monoisotopic (exact) mass is 201 g/mol. The molecule has 0 aliphatic rings. The van der Waals surface area contributed by atoms with E-state index in [-0.39, 0.29) is 6.61 Å². The molecule has 13 heavy (non-hydrogen) atoms. The van der Waals surface area contributed by atoms with E-state index in [0.29, 0.717) is 5.82 Å². The van der Waals surface area contributed by atoms with Gasteiger partial charge < -0.3 is 10.8 Å². The second-order valence-corrected chi connectivity index (χ2v) is 3.92. The van der Waals surface area contributed by atoms with Crippen molar-refractivity contribution in [2.45, 2.75) is 13.0 Å². The lowest BCUT2D eigenvalue weighted by atomic mass is 10.5. The SMILES string of the molecule is Nc1ccn(CCSCCCO)n1. The molecular weight excluding hydrogens is 186 g/mol. The normalized spacial score (nSPS) is 10.5. The van der Waals surface area contributed by atoms with Crippen molar-refractivity contribution in [1.29, 1.82) is 0 Å². The first-order valence-electron chi connectivity index (χ1n) is 4.30. The summed E-state index contributed by atoms with van der Waals surface area (Å²) in [5, 5.41) is 12.6. The van der Waals surface area contributed by atoms with Gasteiger partial charge in [0.2, 0.25) is 0 Å². The van der Waals surface area contributed by atoms with E-state index in [1.165, 1.54) is 0 Å². The molecule has 0 unspecified atom stereocenters. The Morgan fingerprint density at radius 1 is 1.54 bits per heavy atom. The van der Waals surface area contributed by atoms with Gasteiger partial charge in [-0.05, 0) is 18.2 Å². The summed E-state index contributed by atoms with van der Waals surface area (Å²) in [6.45, 7) is 1.16. The molecule has 0 bridgehead atoms. The van der Waals surface area contributed by atoms with E-state index >= 15 is 0 Å². The van der Waals surface area contributed by atoms with E-state index in [1.807, 2.05) is 22.6 Å². The van der Waals surface area contributed by atoms with Crippen molar-refractivity contribution in [3.05, 3.63) is 12.3 Å². The van der Waals surface area contributed by atoms with E-state index in [1.54, 1.807) is 6.07 Å². The summed E-state index contributed by atoms with van der Waals surface area (Å²) in [7, 11) is 0. The highest BCUT2D eigenvalue weighted by molar-refractivity contribution is 7.99. The van der Waals surface area contributed by atoms with Crippen molar-refractivity contribution >= 4 is 17.6 Å². The first-order chi connectivity index (χ1) is 6.33. The summed E-state index contributed by atoms with van der Waals surface area (Å²) in [6.07, 6.45) is 2.74. The Hall–Kier alpha value is -0.680. The summed E-state index contributed by atoms with van der Waals surface area (Å²) in [4.78, 5) is 0. The van der Waals surface area contributed by atoms with Crippen LogP contribution in [-0.2, 0) is 6.54 Å². The summed E-state index contributed by atoms with van der Waals surface area (Å²) in [5.74, 6) is 2.59. The zero-order valence-corrected chi connectivity index (χ0v) is 8.33. The third kappa shape index (κ3) is 4.19. The Kier molecular flexibility index (Phi) is 4.70. The molecule has 0 aliphatic heterocycles. The fraction of sp³-hybridized carbons (Fsp3) is 0.625. The fourth-order valence-electron chi connectivity index (χ4n) is 0.929. The van der Waals surface area contributed by atoms with Crippen LogP contribution in [0.1, 0.15) is 6.42 Å². The zero-order valence-electron chi connectivity index (χ0n) is 7.52. The smallest absolute Gasteiger partial charge is 0.145 e. The maximum Gasteiger partial charge on any atom is 0.145 e. The highest BCUT2D eigenvalue weighted by Crippen LogP contribution is 2.04. The summed E-state index contributed by atoms with van der Waals surface area (Å²) in [5.41, 5.74) is 5.46. The summed E-state index contributed by atoms with van der Waals surface area (Å²) in [6, 6.07) is 1.79. The van der Waals surface area contributed by atoms with Gasteiger partial charge in [-0.3, -0.25) is 4.68 Å². The number of aliphatic hydroxyl groups excluding tert-OH is 1. The molecule has 1 rings (SSSR count). The van der Waals surface area contributed by atoms with Crippen molar-refractivity contribution in [3.8, 4) is 0 Å². The van der Waals surface area contributed by atoms with Crippen LogP contribution in [0.5, 0.6) is 0 Å². The van der Waals surface area contributed by atoms with Crippen molar-refractivity contribution in [3.63, 3.8) is 0 Å². The highest BCUT2D eigenvalue weighted by atomic mass is 32.2. The van der Waals surface area contributed by atoms with Gasteiger partial charge in [0.1, 0.15) is 5.82 Å². The molecule has 1 aromatic rings. The van der Waals surface area contributed by atoms with Gasteiger partial charge in [-0.15, -0.1) is 0 Å². The largest absolute Gasteiger partial charge is 0.396 e. The highest BCUT2D eigenvalue weighted by Gasteiger charge is 1.94. The fourth-order valence-corrected chi connectivity index (χ4v) is 1.78. The van der Waals surface area contributed by atoms with Crippen LogP contribution >= 0.6 is 11.8 Å². The van der Waals surface area contributed by atoms with E-state index in [0.717, 1.165) is 24.5 Å². The van der Waals surface area contributed by atoms with Crippen LogP contribution in [-0.4, -0.2) is 33.0 Å². The van der Waals surface area contributed by atoms with Crippen LogP contribution < -0.4 is 5.73 Å². The van der Waals surface area contributed by atoms with Crippen molar-refractivity contribution in [2.75, 3.05) is 23.8 Å². The quantitative estimate of drug-likeness (QED) is 0.661. The number of nitrogens with zero attached hydrogens (tertiary/aromatic N) is 2. The second kappa shape index (κ2) is 5.88. The Bertz CT molecular complexity index is 239. The molecule has 1 heterocycles. The molecule has 3 N–H and O–H groups in total. The average Bonchev–Trinajstić information content (AvgIpc) is 2.51. The van der Waals surface area contributed by atoms with Crippen molar-refractivity contribution in [2.24, 2.45) is 0 Å². The predicted molar refractivity (Wildman–Crippen MR) is 55.7 cm³/mol. The molecule has 0 aliphatic carbocycles. The van der Waals surface area contributed by atoms with Crippen LogP contribution in [0.2, 0.25) is 0 Å². The molecule has 0 saturated heterocycles. The zero-order chi connectivity index (χ0) is 9.52. The molecule has 0 saturated carbocycles. The third-order valence-corrected chi connectivity index (χ3v) is 2.62. The maximum atomic E-state index is 8.54. The molecule has 0 aromatic carbocycles. The summed E-state index contributed by atoms with van der Waals surface area (Å²) < 4.78 is 1.83. The molecule has 0 fully saturated rings. The molecule has 1 aromatic heterocycles. The first-order valence-corrected chi connectivity index (χ1v) is 5.46. The van der Waals surface area contributed by atoms with Gasteiger partial charge in [-0.25, -0.2) is 0 Å². The minimum atomic E-state index is 0.279. The lowest BCUT2D eigenvalue weighted by Gasteiger charge is -2.00. The molecule has 0 spiro atoms. The molecule has 74 valence electrons. The van der Waals surface area contributed by atoms with E-state index < -0.39 is 0 Å². The molecule has 4 nitrogen and oxygen atoms in total. The number of aliphatic hydroxyl groups is 1. The Morgan fingerprint density at radius 2 is 2.38 bits per heavy atom. The van der Waals surface area contributed by atoms with Crippen LogP contribution in [0, 0.1) is 0 Å². The van der Waals surface area contributed by atoms with Gasteiger partial charge in [0.05, 0.1) is 6.54 Å². The van der Waals surface area contributed by atoms with Crippen molar-refractivity contribution < 1.29 is 5.11 Å². The van der Waals surface area contributed by atoms with Gasteiger partial charge in [-0.2, -0.15) is 16.9 Å². The second-order valence-electron chi connectivity index (χ2n) is 2.69.